The lowest BCUT2D eigenvalue weighted by Gasteiger charge is -2.19. The van der Waals surface area contributed by atoms with Crippen LogP contribution in [-0.2, 0) is 0 Å². The average molecular weight is 153 g/mol. The van der Waals surface area contributed by atoms with E-state index in [1.807, 2.05) is 19.1 Å². The van der Waals surface area contributed by atoms with Gasteiger partial charge in [0.15, 0.2) is 0 Å². The third-order valence-corrected chi connectivity index (χ3v) is 2.10. The van der Waals surface area contributed by atoms with E-state index in [0.717, 1.165) is 0 Å². The van der Waals surface area contributed by atoms with Crippen molar-refractivity contribution in [1.82, 2.24) is 0 Å². The topological polar surface area (TPSA) is 43.1 Å². The van der Waals surface area contributed by atoms with Crippen LogP contribution in [0.1, 0.15) is 19.8 Å². The number of allylic oxidation sites excluding steroid dienone is 2. The van der Waals surface area contributed by atoms with Crippen LogP contribution in [-0.4, -0.2) is 10.5 Å². The van der Waals surface area contributed by atoms with Gasteiger partial charge in [-0.25, -0.2) is 0 Å². The third-order valence-electron chi connectivity index (χ3n) is 2.10. The van der Waals surface area contributed by atoms with Crippen LogP contribution in [0.2, 0.25) is 0 Å². The molecule has 0 aromatic rings. The molecule has 0 bridgehead atoms. The Bertz CT molecular complexity index is 220. The molecule has 11 heavy (non-hydrogen) atoms. The highest BCUT2D eigenvalue weighted by molar-refractivity contribution is 5.17. The van der Waals surface area contributed by atoms with Crippen LogP contribution in [0.25, 0.3) is 0 Å². The molecule has 0 spiro atoms. The van der Waals surface area contributed by atoms with Crippen molar-refractivity contribution in [3.63, 3.8) is 0 Å². The summed E-state index contributed by atoms with van der Waals surface area (Å²) in [5.41, 5.74) is -0.825. The fraction of sp³-hybridized carbons (Fsp3) is 0.500. The molecule has 0 amide bonds. The molecule has 0 saturated carbocycles. The number of hydrogen-bond acceptors (Lipinski definition) is 2. The van der Waals surface area contributed by atoms with Crippen LogP contribution in [0.5, 0.6) is 0 Å². The van der Waals surface area contributed by atoms with Gasteiger partial charge < -0.3 is 0 Å². The van der Waals surface area contributed by atoms with Gasteiger partial charge in [0, 0.05) is 17.8 Å². The van der Waals surface area contributed by atoms with E-state index in [9.17, 15) is 10.1 Å². The first kappa shape index (κ1) is 7.98. The lowest BCUT2D eigenvalue weighted by atomic mass is 9.89. The first-order valence-electron chi connectivity index (χ1n) is 3.70. The molecule has 1 rings (SSSR count). The van der Waals surface area contributed by atoms with Crippen molar-refractivity contribution in [3.05, 3.63) is 34.4 Å². The van der Waals surface area contributed by atoms with Crippen LogP contribution in [0.4, 0.5) is 0 Å². The van der Waals surface area contributed by atoms with Crippen molar-refractivity contribution in [2.45, 2.75) is 25.3 Å². The Hall–Kier alpha value is -1.12. The Kier molecular flexibility index (Phi) is 2.08. The molecular formula is C8H11NO2. The Morgan fingerprint density at radius 1 is 1.64 bits per heavy atom. The fourth-order valence-electron chi connectivity index (χ4n) is 1.18. The molecule has 60 valence electrons. The molecule has 0 radical (unpaired) electrons. The van der Waals surface area contributed by atoms with Crippen LogP contribution in [0, 0.1) is 10.1 Å². The van der Waals surface area contributed by atoms with Gasteiger partial charge in [-0.2, -0.15) is 0 Å². The molecule has 0 N–H and O–H groups in total. The Morgan fingerprint density at radius 3 is 2.64 bits per heavy atom. The maximum atomic E-state index is 10.6. The van der Waals surface area contributed by atoms with Crippen molar-refractivity contribution >= 4 is 0 Å². The summed E-state index contributed by atoms with van der Waals surface area (Å²) in [6.45, 7) is 1.84. The zero-order valence-corrected chi connectivity index (χ0v) is 6.49. The second-order valence-electron chi connectivity index (χ2n) is 2.71. The van der Waals surface area contributed by atoms with Gasteiger partial charge in [0.1, 0.15) is 0 Å². The van der Waals surface area contributed by atoms with E-state index in [4.69, 9.17) is 0 Å². The molecule has 1 aliphatic carbocycles. The Labute approximate surface area is 65.6 Å². The van der Waals surface area contributed by atoms with Crippen molar-refractivity contribution in [2.75, 3.05) is 0 Å². The average Bonchev–Trinajstić information content (AvgIpc) is 2.05. The van der Waals surface area contributed by atoms with E-state index in [0.29, 0.717) is 12.8 Å². The highest BCUT2D eigenvalue weighted by Gasteiger charge is 2.37. The largest absolute Gasteiger partial charge is 0.264 e. The molecule has 0 aromatic heterocycles. The molecule has 0 saturated heterocycles. The van der Waals surface area contributed by atoms with Gasteiger partial charge >= 0.3 is 0 Å². The molecule has 3 nitrogen and oxygen atoms in total. The van der Waals surface area contributed by atoms with E-state index < -0.39 is 5.54 Å². The minimum Gasteiger partial charge on any atom is -0.264 e. The lowest BCUT2D eigenvalue weighted by molar-refractivity contribution is -0.555. The fourth-order valence-corrected chi connectivity index (χ4v) is 1.18. The minimum atomic E-state index is -0.825. The normalized spacial score (nSPS) is 28.8. The van der Waals surface area contributed by atoms with Crippen LogP contribution in [0.15, 0.2) is 24.3 Å². The summed E-state index contributed by atoms with van der Waals surface area (Å²) in [6, 6.07) is 0. The first-order valence-corrected chi connectivity index (χ1v) is 3.70. The molecule has 1 unspecified atom stereocenters. The van der Waals surface area contributed by atoms with E-state index in [2.05, 4.69) is 0 Å². The van der Waals surface area contributed by atoms with Gasteiger partial charge in [-0.1, -0.05) is 25.2 Å². The van der Waals surface area contributed by atoms with E-state index >= 15 is 0 Å². The number of hydrogen-bond donors (Lipinski definition) is 0. The van der Waals surface area contributed by atoms with Crippen molar-refractivity contribution in [3.8, 4) is 0 Å². The van der Waals surface area contributed by atoms with E-state index in [1.165, 1.54) is 0 Å². The van der Waals surface area contributed by atoms with Gasteiger partial charge in [0.05, 0.1) is 0 Å². The SMILES string of the molecule is CCC1([N+](=O)[O-])C=CC=CC1. The standard InChI is InChI=1S/C8H11NO2/c1-2-8(9(10)11)6-4-3-5-7-8/h3-6H,2,7H2,1H3. The van der Waals surface area contributed by atoms with Gasteiger partial charge in [-0.3, -0.25) is 10.1 Å². The predicted molar refractivity (Wildman–Crippen MR) is 42.9 cm³/mol. The van der Waals surface area contributed by atoms with Gasteiger partial charge in [0.2, 0.25) is 5.54 Å². The number of nitrogens with zero attached hydrogens (tertiary/aromatic N) is 1. The zero-order chi connectivity index (χ0) is 8.32. The molecule has 0 aromatic carbocycles. The van der Waals surface area contributed by atoms with Crippen molar-refractivity contribution in [1.29, 1.82) is 0 Å². The van der Waals surface area contributed by atoms with Gasteiger partial charge in [-0.15, -0.1) is 0 Å². The minimum absolute atomic E-state index is 0.201. The molecule has 0 heterocycles. The Balaban J connectivity index is 2.85. The maximum Gasteiger partial charge on any atom is 0.243 e. The highest BCUT2D eigenvalue weighted by atomic mass is 16.6. The maximum absolute atomic E-state index is 10.6. The first-order chi connectivity index (χ1) is 5.21. The summed E-state index contributed by atoms with van der Waals surface area (Å²) in [6.07, 6.45) is 8.18. The van der Waals surface area contributed by atoms with Gasteiger partial charge in [0.25, 0.3) is 0 Å². The molecule has 3 heteroatoms. The lowest BCUT2D eigenvalue weighted by Crippen LogP contribution is -2.35. The molecule has 1 atom stereocenters. The number of nitro groups is 1. The summed E-state index contributed by atoms with van der Waals surface area (Å²) in [7, 11) is 0. The quantitative estimate of drug-likeness (QED) is 0.449. The smallest absolute Gasteiger partial charge is 0.243 e. The van der Waals surface area contributed by atoms with E-state index in [1.54, 1.807) is 12.2 Å². The van der Waals surface area contributed by atoms with E-state index in [-0.39, 0.29) is 4.92 Å². The second kappa shape index (κ2) is 2.86. The Morgan fingerprint density at radius 2 is 2.36 bits per heavy atom. The molecular weight excluding hydrogens is 142 g/mol. The predicted octanol–water partition coefficient (Wildman–Crippen LogP) is 1.93. The van der Waals surface area contributed by atoms with Gasteiger partial charge in [-0.05, 0) is 6.08 Å². The summed E-state index contributed by atoms with van der Waals surface area (Å²) >= 11 is 0. The summed E-state index contributed by atoms with van der Waals surface area (Å²) < 4.78 is 0. The summed E-state index contributed by atoms with van der Waals surface area (Å²) in [5.74, 6) is 0. The van der Waals surface area contributed by atoms with Crippen molar-refractivity contribution < 1.29 is 4.92 Å². The molecule has 0 aliphatic heterocycles. The molecule has 0 fully saturated rings. The highest BCUT2D eigenvalue weighted by Crippen LogP contribution is 2.24. The van der Waals surface area contributed by atoms with Crippen LogP contribution >= 0.6 is 0 Å². The zero-order valence-electron chi connectivity index (χ0n) is 6.49. The summed E-state index contributed by atoms with van der Waals surface area (Å²) in [4.78, 5) is 10.4. The number of rotatable bonds is 2. The molecule has 1 aliphatic rings. The van der Waals surface area contributed by atoms with Crippen LogP contribution < -0.4 is 0 Å². The third kappa shape index (κ3) is 1.31. The van der Waals surface area contributed by atoms with Crippen LogP contribution in [0.3, 0.4) is 0 Å². The summed E-state index contributed by atoms with van der Waals surface area (Å²) in [5, 5.41) is 10.6. The second-order valence-corrected chi connectivity index (χ2v) is 2.71. The van der Waals surface area contributed by atoms with Crippen molar-refractivity contribution in [2.24, 2.45) is 0 Å². The monoisotopic (exact) mass is 153 g/mol.